The van der Waals surface area contributed by atoms with Crippen LogP contribution in [-0.4, -0.2) is 34.3 Å². The van der Waals surface area contributed by atoms with Crippen LogP contribution in [0, 0.1) is 0 Å². The van der Waals surface area contributed by atoms with Crippen LogP contribution in [0.5, 0.6) is 0 Å². The molecule has 0 spiro atoms. The standard InChI is InChI=1S/C18H23ClN4O/c1-3-17-16(18(24)22-14-7-8-20-12(2)9-14)11-21-23(17)15-6-4-5-13(19)10-15/h4-6,10-12,14,20H,3,7-9H2,1-2H3,(H,22,24). The number of piperidine rings is 1. The molecule has 2 N–H and O–H groups in total. The number of amides is 1. The van der Waals surface area contributed by atoms with Crippen molar-refractivity contribution in [2.24, 2.45) is 0 Å². The number of halogens is 1. The summed E-state index contributed by atoms with van der Waals surface area (Å²) in [5.41, 5.74) is 2.41. The number of carbonyl (C=O) groups excluding carboxylic acids is 1. The number of carbonyl (C=O) groups is 1. The van der Waals surface area contributed by atoms with Gasteiger partial charge in [-0.1, -0.05) is 24.6 Å². The van der Waals surface area contributed by atoms with Crippen LogP contribution in [0.25, 0.3) is 5.69 Å². The van der Waals surface area contributed by atoms with Crippen molar-refractivity contribution < 1.29 is 4.79 Å². The zero-order valence-corrected chi connectivity index (χ0v) is 14.8. The SMILES string of the molecule is CCc1c(C(=O)NC2CCNC(C)C2)cnn1-c1cccc(Cl)c1. The van der Waals surface area contributed by atoms with E-state index in [0.717, 1.165) is 37.2 Å². The van der Waals surface area contributed by atoms with Crippen LogP contribution in [0.15, 0.2) is 30.5 Å². The average molecular weight is 347 g/mol. The molecule has 1 aromatic carbocycles. The van der Waals surface area contributed by atoms with Gasteiger partial charge in [0.1, 0.15) is 0 Å². The van der Waals surface area contributed by atoms with Crippen molar-refractivity contribution >= 4 is 17.5 Å². The predicted molar refractivity (Wildman–Crippen MR) is 95.9 cm³/mol. The normalized spacial score (nSPS) is 20.8. The third-order valence-corrected chi connectivity index (χ3v) is 4.70. The number of hydrogen-bond donors (Lipinski definition) is 2. The Bertz CT molecular complexity index is 728. The fourth-order valence-electron chi connectivity index (χ4n) is 3.26. The molecule has 0 saturated carbocycles. The first-order chi connectivity index (χ1) is 11.6. The van der Waals surface area contributed by atoms with Gasteiger partial charge in [-0.25, -0.2) is 4.68 Å². The topological polar surface area (TPSA) is 59.0 Å². The first kappa shape index (κ1) is 17.0. The molecule has 1 aliphatic heterocycles. The summed E-state index contributed by atoms with van der Waals surface area (Å²) in [6.07, 6.45) is 4.28. The summed E-state index contributed by atoms with van der Waals surface area (Å²) in [5.74, 6) is -0.0424. The van der Waals surface area contributed by atoms with Crippen LogP contribution in [0.3, 0.4) is 0 Å². The van der Waals surface area contributed by atoms with Crippen LogP contribution in [0.2, 0.25) is 5.02 Å². The Labute approximate surface area is 147 Å². The smallest absolute Gasteiger partial charge is 0.254 e. The Balaban J connectivity index is 1.82. The lowest BCUT2D eigenvalue weighted by molar-refractivity contribution is 0.0924. The minimum atomic E-state index is -0.0424. The van der Waals surface area contributed by atoms with Gasteiger partial charge < -0.3 is 10.6 Å². The molecule has 1 amide bonds. The molecule has 2 unspecified atom stereocenters. The van der Waals surface area contributed by atoms with Crippen molar-refractivity contribution in [1.82, 2.24) is 20.4 Å². The van der Waals surface area contributed by atoms with E-state index in [4.69, 9.17) is 11.6 Å². The molecule has 1 aliphatic rings. The second-order valence-corrected chi connectivity index (χ2v) is 6.74. The summed E-state index contributed by atoms with van der Waals surface area (Å²) in [6, 6.07) is 8.15. The maximum absolute atomic E-state index is 12.7. The molecule has 0 bridgehead atoms. The number of benzene rings is 1. The molecule has 5 nitrogen and oxygen atoms in total. The van der Waals surface area contributed by atoms with Gasteiger partial charge in [0, 0.05) is 17.1 Å². The molecule has 6 heteroatoms. The van der Waals surface area contributed by atoms with Gasteiger partial charge in [-0.15, -0.1) is 0 Å². The van der Waals surface area contributed by atoms with E-state index < -0.39 is 0 Å². The minimum absolute atomic E-state index is 0.0424. The molecule has 1 aromatic heterocycles. The first-order valence-electron chi connectivity index (χ1n) is 8.45. The summed E-state index contributed by atoms with van der Waals surface area (Å²) in [7, 11) is 0. The van der Waals surface area contributed by atoms with Crippen molar-refractivity contribution in [2.45, 2.75) is 45.2 Å². The zero-order chi connectivity index (χ0) is 17.1. The highest BCUT2D eigenvalue weighted by atomic mass is 35.5. The molecule has 1 saturated heterocycles. The number of hydrogen-bond acceptors (Lipinski definition) is 3. The highest BCUT2D eigenvalue weighted by molar-refractivity contribution is 6.30. The van der Waals surface area contributed by atoms with Crippen LogP contribution < -0.4 is 10.6 Å². The van der Waals surface area contributed by atoms with Crippen LogP contribution >= 0.6 is 11.6 Å². The van der Waals surface area contributed by atoms with E-state index in [2.05, 4.69) is 22.7 Å². The molecular formula is C18H23ClN4O. The van der Waals surface area contributed by atoms with Crippen LogP contribution in [0.4, 0.5) is 0 Å². The van der Waals surface area contributed by atoms with Gasteiger partial charge in [-0.05, 0) is 50.9 Å². The number of nitrogens with one attached hydrogen (secondary N) is 2. The Hall–Kier alpha value is -1.85. The first-order valence-corrected chi connectivity index (χ1v) is 8.83. The average Bonchev–Trinajstić information content (AvgIpc) is 2.99. The summed E-state index contributed by atoms with van der Waals surface area (Å²) < 4.78 is 1.80. The minimum Gasteiger partial charge on any atom is -0.349 e. The molecule has 24 heavy (non-hydrogen) atoms. The van der Waals surface area contributed by atoms with Crippen molar-refractivity contribution in [3.05, 3.63) is 46.7 Å². The van der Waals surface area contributed by atoms with Crippen molar-refractivity contribution in [1.29, 1.82) is 0 Å². The van der Waals surface area contributed by atoms with Crippen LogP contribution in [0.1, 0.15) is 42.7 Å². The Morgan fingerprint density at radius 1 is 1.50 bits per heavy atom. The monoisotopic (exact) mass is 346 g/mol. The number of nitrogens with zero attached hydrogens (tertiary/aromatic N) is 2. The third-order valence-electron chi connectivity index (χ3n) is 4.46. The Kier molecular flexibility index (Phi) is 5.21. The molecule has 2 atom stereocenters. The van der Waals surface area contributed by atoms with E-state index in [0.29, 0.717) is 16.6 Å². The molecular weight excluding hydrogens is 324 g/mol. The molecule has 2 heterocycles. The van der Waals surface area contributed by atoms with Gasteiger partial charge in [0.05, 0.1) is 23.1 Å². The summed E-state index contributed by atoms with van der Waals surface area (Å²) in [6.45, 7) is 5.11. The van der Waals surface area contributed by atoms with E-state index >= 15 is 0 Å². The second-order valence-electron chi connectivity index (χ2n) is 6.30. The van der Waals surface area contributed by atoms with Gasteiger partial charge in [0.25, 0.3) is 5.91 Å². The van der Waals surface area contributed by atoms with Gasteiger partial charge in [0.15, 0.2) is 0 Å². The molecule has 3 rings (SSSR count). The third kappa shape index (κ3) is 3.62. The maximum Gasteiger partial charge on any atom is 0.254 e. The van der Waals surface area contributed by atoms with Crippen molar-refractivity contribution in [3.8, 4) is 5.69 Å². The Morgan fingerprint density at radius 2 is 2.33 bits per heavy atom. The van der Waals surface area contributed by atoms with E-state index in [1.807, 2.05) is 31.2 Å². The van der Waals surface area contributed by atoms with Crippen molar-refractivity contribution in [3.63, 3.8) is 0 Å². The fourth-order valence-corrected chi connectivity index (χ4v) is 3.44. The van der Waals surface area contributed by atoms with E-state index in [1.165, 1.54) is 0 Å². The van der Waals surface area contributed by atoms with Crippen LogP contribution in [-0.2, 0) is 6.42 Å². The molecule has 1 fully saturated rings. The largest absolute Gasteiger partial charge is 0.349 e. The van der Waals surface area contributed by atoms with E-state index in [-0.39, 0.29) is 11.9 Å². The van der Waals surface area contributed by atoms with Gasteiger partial charge in [-0.3, -0.25) is 4.79 Å². The van der Waals surface area contributed by atoms with Crippen molar-refractivity contribution in [2.75, 3.05) is 6.54 Å². The molecule has 128 valence electrons. The second kappa shape index (κ2) is 7.36. The van der Waals surface area contributed by atoms with Gasteiger partial charge >= 0.3 is 0 Å². The van der Waals surface area contributed by atoms with E-state index in [1.54, 1.807) is 10.9 Å². The predicted octanol–water partition coefficient (Wildman–Crippen LogP) is 2.96. The molecule has 2 aromatic rings. The molecule has 0 aliphatic carbocycles. The Morgan fingerprint density at radius 3 is 3.04 bits per heavy atom. The van der Waals surface area contributed by atoms with Gasteiger partial charge in [-0.2, -0.15) is 5.10 Å². The van der Waals surface area contributed by atoms with E-state index in [9.17, 15) is 4.79 Å². The maximum atomic E-state index is 12.7. The lowest BCUT2D eigenvalue weighted by Gasteiger charge is -2.28. The fraction of sp³-hybridized carbons (Fsp3) is 0.444. The quantitative estimate of drug-likeness (QED) is 0.894. The molecule has 0 radical (unpaired) electrons. The zero-order valence-electron chi connectivity index (χ0n) is 14.1. The summed E-state index contributed by atoms with van der Waals surface area (Å²) in [5, 5.41) is 11.6. The summed E-state index contributed by atoms with van der Waals surface area (Å²) >= 11 is 6.08. The summed E-state index contributed by atoms with van der Waals surface area (Å²) in [4.78, 5) is 12.7. The number of rotatable bonds is 4. The highest BCUT2D eigenvalue weighted by Crippen LogP contribution is 2.19. The lowest BCUT2D eigenvalue weighted by atomic mass is 10.00. The lowest BCUT2D eigenvalue weighted by Crippen LogP contribution is -2.46. The van der Waals surface area contributed by atoms with Gasteiger partial charge in [0.2, 0.25) is 0 Å². The highest BCUT2D eigenvalue weighted by Gasteiger charge is 2.23. The number of aromatic nitrogens is 2.